The molecule has 25 heavy (non-hydrogen) atoms. The highest BCUT2D eigenvalue weighted by molar-refractivity contribution is 6.21. The Labute approximate surface area is 146 Å². The third-order valence-electron chi connectivity index (χ3n) is 4.91. The van der Waals surface area contributed by atoms with E-state index in [4.69, 9.17) is 9.47 Å². The Kier molecular flexibility index (Phi) is 3.71. The summed E-state index contributed by atoms with van der Waals surface area (Å²) in [5.41, 5.74) is 4.05. The van der Waals surface area contributed by atoms with Crippen LogP contribution in [-0.2, 0) is 16.0 Å². The number of amides is 2. The van der Waals surface area contributed by atoms with E-state index in [1.54, 1.807) is 18.2 Å². The molecule has 0 aliphatic carbocycles. The number of anilines is 1. The molecule has 0 bridgehead atoms. The zero-order valence-corrected chi connectivity index (χ0v) is 14.2. The van der Waals surface area contributed by atoms with Crippen molar-refractivity contribution in [3.8, 4) is 11.5 Å². The van der Waals surface area contributed by atoms with Crippen LogP contribution >= 0.6 is 0 Å². The molecule has 2 aliphatic rings. The van der Waals surface area contributed by atoms with Gasteiger partial charge in [-0.1, -0.05) is 18.2 Å². The van der Waals surface area contributed by atoms with E-state index in [0.29, 0.717) is 23.6 Å². The summed E-state index contributed by atoms with van der Waals surface area (Å²) >= 11 is 0. The van der Waals surface area contributed by atoms with Crippen molar-refractivity contribution in [2.75, 3.05) is 11.7 Å². The Morgan fingerprint density at radius 1 is 1.00 bits per heavy atom. The van der Waals surface area contributed by atoms with Crippen LogP contribution in [0.2, 0.25) is 0 Å². The second kappa shape index (κ2) is 5.92. The largest absolute Gasteiger partial charge is 0.454 e. The Morgan fingerprint density at radius 3 is 2.60 bits per heavy atom. The quantitative estimate of drug-likeness (QED) is 0.808. The number of hydrogen-bond donors (Lipinski definition) is 0. The molecule has 2 aliphatic heterocycles. The predicted octanol–water partition coefficient (Wildman–Crippen LogP) is 3.15. The van der Waals surface area contributed by atoms with Crippen molar-refractivity contribution >= 4 is 17.5 Å². The molecule has 2 aromatic rings. The van der Waals surface area contributed by atoms with Crippen LogP contribution < -0.4 is 14.4 Å². The number of benzene rings is 2. The summed E-state index contributed by atoms with van der Waals surface area (Å²) in [5.74, 6) is 0.560. The number of ether oxygens (including phenoxy) is 2. The van der Waals surface area contributed by atoms with Gasteiger partial charge in [0.15, 0.2) is 11.5 Å². The first-order valence-electron chi connectivity index (χ1n) is 8.35. The van der Waals surface area contributed by atoms with Gasteiger partial charge in [-0.05, 0) is 49.1 Å². The number of nitrogens with zero attached hydrogens (tertiary/aromatic N) is 1. The van der Waals surface area contributed by atoms with Gasteiger partial charge in [-0.3, -0.25) is 14.5 Å². The summed E-state index contributed by atoms with van der Waals surface area (Å²) in [5, 5.41) is 0. The lowest BCUT2D eigenvalue weighted by Crippen LogP contribution is -2.30. The minimum absolute atomic E-state index is 0.151. The zero-order valence-electron chi connectivity index (χ0n) is 14.2. The van der Waals surface area contributed by atoms with Crippen molar-refractivity contribution in [3.05, 3.63) is 53.1 Å². The van der Waals surface area contributed by atoms with Gasteiger partial charge in [0.2, 0.25) is 18.6 Å². The maximum Gasteiger partial charge on any atom is 0.237 e. The second-order valence-corrected chi connectivity index (χ2v) is 6.63. The van der Waals surface area contributed by atoms with Crippen LogP contribution in [0.25, 0.3) is 0 Å². The highest BCUT2D eigenvalue weighted by atomic mass is 16.7. The third-order valence-corrected chi connectivity index (χ3v) is 4.91. The molecule has 5 heteroatoms. The molecule has 1 fully saturated rings. The lowest BCUT2D eigenvalue weighted by molar-refractivity contribution is -0.122. The Hall–Kier alpha value is -2.82. The minimum atomic E-state index is -0.319. The highest BCUT2D eigenvalue weighted by Gasteiger charge is 2.39. The van der Waals surface area contributed by atoms with Crippen LogP contribution in [-0.4, -0.2) is 18.6 Å². The van der Waals surface area contributed by atoms with Gasteiger partial charge < -0.3 is 9.47 Å². The van der Waals surface area contributed by atoms with E-state index in [0.717, 1.165) is 5.56 Å². The molecule has 1 unspecified atom stereocenters. The molecule has 0 aromatic heterocycles. The van der Waals surface area contributed by atoms with Gasteiger partial charge in [0.25, 0.3) is 0 Å². The lowest BCUT2D eigenvalue weighted by atomic mass is 9.95. The van der Waals surface area contributed by atoms with E-state index in [2.05, 4.69) is 26.0 Å². The van der Waals surface area contributed by atoms with E-state index < -0.39 is 0 Å². The number of aryl methyl sites for hydroxylation is 2. The average Bonchev–Trinajstić information content (AvgIpc) is 3.15. The highest BCUT2D eigenvalue weighted by Crippen LogP contribution is 2.38. The second-order valence-electron chi connectivity index (χ2n) is 6.63. The van der Waals surface area contributed by atoms with Crippen molar-refractivity contribution in [3.63, 3.8) is 0 Å². The monoisotopic (exact) mass is 337 g/mol. The first-order valence-corrected chi connectivity index (χ1v) is 8.35. The molecule has 2 amide bonds. The third kappa shape index (κ3) is 2.76. The lowest BCUT2D eigenvalue weighted by Gasteiger charge is -2.15. The molecule has 2 heterocycles. The molecule has 0 spiro atoms. The average molecular weight is 337 g/mol. The van der Waals surface area contributed by atoms with E-state index in [-0.39, 0.29) is 30.9 Å². The van der Waals surface area contributed by atoms with E-state index in [1.165, 1.54) is 16.0 Å². The standard InChI is InChI=1S/C20H19NO4/c1-12-3-4-14(7-13(12)2)8-15-9-19(22)21(20(15)23)16-5-6-17-18(10-16)25-11-24-17/h3-7,10,15H,8-9,11H2,1-2H3. The van der Waals surface area contributed by atoms with Gasteiger partial charge in [0.1, 0.15) is 0 Å². The van der Waals surface area contributed by atoms with Crippen LogP contribution in [0, 0.1) is 19.8 Å². The van der Waals surface area contributed by atoms with Gasteiger partial charge >= 0.3 is 0 Å². The molecular formula is C20H19NO4. The number of rotatable bonds is 3. The molecule has 1 atom stereocenters. The van der Waals surface area contributed by atoms with Crippen LogP contribution in [0.4, 0.5) is 5.69 Å². The normalized spacial score (nSPS) is 19.0. The summed E-state index contributed by atoms with van der Waals surface area (Å²) in [6.45, 7) is 4.28. The first kappa shape index (κ1) is 15.7. The summed E-state index contributed by atoms with van der Waals surface area (Å²) in [6.07, 6.45) is 0.812. The molecule has 1 saturated heterocycles. The van der Waals surface area contributed by atoms with Crippen molar-refractivity contribution in [2.24, 2.45) is 5.92 Å². The summed E-state index contributed by atoms with van der Waals surface area (Å²) in [7, 11) is 0. The molecule has 128 valence electrons. The van der Waals surface area contributed by atoms with E-state index >= 15 is 0 Å². The van der Waals surface area contributed by atoms with Crippen molar-refractivity contribution in [1.29, 1.82) is 0 Å². The number of carbonyl (C=O) groups is 2. The van der Waals surface area contributed by atoms with Crippen LogP contribution in [0.1, 0.15) is 23.1 Å². The van der Waals surface area contributed by atoms with Gasteiger partial charge in [0.05, 0.1) is 11.6 Å². The van der Waals surface area contributed by atoms with Gasteiger partial charge in [0, 0.05) is 12.5 Å². The number of imide groups is 1. The molecule has 2 aromatic carbocycles. The first-order chi connectivity index (χ1) is 12.0. The fraction of sp³-hybridized carbons (Fsp3) is 0.300. The molecule has 0 radical (unpaired) electrons. The van der Waals surface area contributed by atoms with E-state index in [1.807, 2.05) is 6.07 Å². The SMILES string of the molecule is Cc1ccc(CC2CC(=O)N(c3ccc4c(c3)OCO4)C2=O)cc1C. The maximum atomic E-state index is 12.8. The fourth-order valence-electron chi connectivity index (χ4n) is 3.36. The van der Waals surface area contributed by atoms with Crippen molar-refractivity contribution in [2.45, 2.75) is 26.7 Å². The minimum Gasteiger partial charge on any atom is -0.454 e. The smallest absolute Gasteiger partial charge is 0.237 e. The Bertz CT molecular complexity index is 874. The number of fused-ring (bicyclic) bond motifs is 1. The number of hydrogen-bond acceptors (Lipinski definition) is 4. The predicted molar refractivity (Wildman–Crippen MR) is 92.8 cm³/mol. The van der Waals surface area contributed by atoms with Crippen molar-refractivity contribution in [1.82, 2.24) is 0 Å². The molecule has 5 nitrogen and oxygen atoms in total. The Morgan fingerprint density at radius 2 is 1.80 bits per heavy atom. The van der Waals surface area contributed by atoms with Crippen LogP contribution in [0.15, 0.2) is 36.4 Å². The van der Waals surface area contributed by atoms with Gasteiger partial charge in [-0.15, -0.1) is 0 Å². The van der Waals surface area contributed by atoms with Crippen LogP contribution in [0.5, 0.6) is 11.5 Å². The summed E-state index contributed by atoms with van der Waals surface area (Å²) < 4.78 is 10.6. The van der Waals surface area contributed by atoms with Crippen LogP contribution in [0.3, 0.4) is 0 Å². The van der Waals surface area contributed by atoms with E-state index in [9.17, 15) is 9.59 Å². The molecular weight excluding hydrogens is 318 g/mol. The molecule has 0 N–H and O–H groups in total. The topological polar surface area (TPSA) is 55.8 Å². The Balaban J connectivity index is 1.56. The maximum absolute atomic E-state index is 12.8. The number of carbonyl (C=O) groups excluding carboxylic acids is 2. The zero-order chi connectivity index (χ0) is 17.6. The fourth-order valence-corrected chi connectivity index (χ4v) is 3.36. The molecule has 0 saturated carbocycles. The van der Waals surface area contributed by atoms with Crippen molar-refractivity contribution < 1.29 is 19.1 Å². The summed E-state index contributed by atoms with van der Waals surface area (Å²) in [6, 6.07) is 11.3. The summed E-state index contributed by atoms with van der Waals surface area (Å²) in [4.78, 5) is 26.5. The van der Waals surface area contributed by atoms with Gasteiger partial charge in [-0.25, -0.2) is 0 Å². The molecule has 4 rings (SSSR count). The van der Waals surface area contributed by atoms with Gasteiger partial charge in [-0.2, -0.15) is 0 Å².